The van der Waals surface area contributed by atoms with Crippen molar-refractivity contribution in [3.8, 4) is 17.1 Å². The number of hydrogen-bond donors (Lipinski definition) is 2. The number of nitrogens with one attached hydrogen (secondary N) is 2. The SMILES string of the molecule is CCC(=O)Nc1ccc(C)c(NC(=O)c2cc(-c3ccco3)n(-c3ccc(Cl)cc3)n2)c1. The molecule has 4 rings (SSSR count). The van der Waals surface area contributed by atoms with Gasteiger partial charge in [-0.15, -0.1) is 0 Å². The van der Waals surface area contributed by atoms with Crippen molar-refractivity contribution in [1.29, 1.82) is 0 Å². The van der Waals surface area contributed by atoms with E-state index in [0.29, 0.717) is 34.3 Å². The maximum absolute atomic E-state index is 13.1. The second-order valence-corrected chi connectivity index (χ2v) is 7.60. The van der Waals surface area contributed by atoms with Crippen LogP contribution in [0.1, 0.15) is 29.4 Å². The highest BCUT2D eigenvalue weighted by Crippen LogP contribution is 2.26. The molecule has 0 radical (unpaired) electrons. The molecule has 0 fully saturated rings. The van der Waals surface area contributed by atoms with E-state index < -0.39 is 0 Å². The van der Waals surface area contributed by atoms with Gasteiger partial charge in [-0.3, -0.25) is 9.59 Å². The number of aryl methyl sites for hydroxylation is 1. The summed E-state index contributed by atoms with van der Waals surface area (Å²) in [6, 6.07) is 17.7. The summed E-state index contributed by atoms with van der Waals surface area (Å²) in [5.41, 5.74) is 3.64. The molecule has 0 aliphatic carbocycles. The molecule has 2 N–H and O–H groups in total. The fourth-order valence-electron chi connectivity index (χ4n) is 3.14. The Morgan fingerprint density at radius 1 is 1.06 bits per heavy atom. The molecule has 2 heterocycles. The molecule has 0 unspecified atom stereocenters. The predicted molar refractivity (Wildman–Crippen MR) is 124 cm³/mol. The molecule has 2 amide bonds. The minimum Gasteiger partial charge on any atom is -0.463 e. The van der Waals surface area contributed by atoms with E-state index in [9.17, 15) is 9.59 Å². The van der Waals surface area contributed by atoms with E-state index >= 15 is 0 Å². The lowest BCUT2D eigenvalue weighted by atomic mass is 10.1. The van der Waals surface area contributed by atoms with E-state index in [0.717, 1.165) is 11.3 Å². The van der Waals surface area contributed by atoms with Crippen LogP contribution in [-0.4, -0.2) is 21.6 Å². The van der Waals surface area contributed by atoms with Crippen LogP contribution in [-0.2, 0) is 4.79 Å². The number of halogens is 1. The molecule has 0 saturated heterocycles. The molecule has 0 aliphatic rings. The number of furan rings is 1. The van der Waals surface area contributed by atoms with Crippen molar-refractivity contribution in [2.24, 2.45) is 0 Å². The van der Waals surface area contributed by atoms with Crippen LogP contribution in [0.25, 0.3) is 17.1 Å². The summed E-state index contributed by atoms with van der Waals surface area (Å²) >= 11 is 6.01. The zero-order chi connectivity index (χ0) is 22.7. The number of benzene rings is 2. The van der Waals surface area contributed by atoms with Crippen LogP contribution in [0.3, 0.4) is 0 Å². The molecule has 2 aromatic heterocycles. The third-order valence-corrected chi connectivity index (χ3v) is 5.13. The highest BCUT2D eigenvalue weighted by molar-refractivity contribution is 6.30. The van der Waals surface area contributed by atoms with Crippen LogP contribution in [0, 0.1) is 6.92 Å². The minimum atomic E-state index is -0.382. The maximum Gasteiger partial charge on any atom is 0.276 e. The monoisotopic (exact) mass is 448 g/mol. The second kappa shape index (κ2) is 9.11. The summed E-state index contributed by atoms with van der Waals surface area (Å²) in [6.45, 7) is 3.65. The van der Waals surface area contributed by atoms with Crippen LogP contribution >= 0.6 is 11.6 Å². The predicted octanol–water partition coefficient (Wildman–Crippen LogP) is 5.69. The van der Waals surface area contributed by atoms with Crippen molar-refractivity contribution in [3.05, 3.63) is 83.2 Å². The normalized spacial score (nSPS) is 10.7. The summed E-state index contributed by atoms with van der Waals surface area (Å²) in [6.07, 6.45) is 1.93. The van der Waals surface area contributed by atoms with Crippen molar-refractivity contribution in [2.75, 3.05) is 10.6 Å². The highest BCUT2D eigenvalue weighted by Gasteiger charge is 2.19. The topological polar surface area (TPSA) is 89.2 Å². The van der Waals surface area contributed by atoms with Gasteiger partial charge in [-0.2, -0.15) is 5.10 Å². The van der Waals surface area contributed by atoms with Gasteiger partial charge >= 0.3 is 0 Å². The van der Waals surface area contributed by atoms with Gasteiger partial charge in [0.2, 0.25) is 5.91 Å². The molecule has 0 aliphatic heterocycles. The number of amides is 2. The number of carbonyl (C=O) groups excluding carboxylic acids is 2. The smallest absolute Gasteiger partial charge is 0.276 e. The number of hydrogen-bond acceptors (Lipinski definition) is 4. The molecular formula is C24H21ClN4O3. The van der Waals surface area contributed by atoms with Gasteiger partial charge in [0.25, 0.3) is 5.91 Å². The van der Waals surface area contributed by atoms with Crippen molar-refractivity contribution in [1.82, 2.24) is 9.78 Å². The first-order valence-electron chi connectivity index (χ1n) is 10.1. The Labute approximate surface area is 190 Å². The third kappa shape index (κ3) is 4.58. The fourth-order valence-corrected chi connectivity index (χ4v) is 3.27. The molecule has 8 heteroatoms. The highest BCUT2D eigenvalue weighted by atomic mass is 35.5. The Hall–Kier alpha value is -3.84. The summed E-state index contributed by atoms with van der Waals surface area (Å²) in [7, 11) is 0. The molecule has 0 spiro atoms. The van der Waals surface area contributed by atoms with E-state index in [2.05, 4.69) is 15.7 Å². The Morgan fingerprint density at radius 3 is 2.53 bits per heavy atom. The van der Waals surface area contributed by atoms with Crippen molar-refractivity contribution in [2.45, 2.75) is 20.3 Å². The number of rotatable bonds is 6. The van der Waals surface area contributed by atoms with Crippen molar-refractivity contribution >= 4 is 34.8 Å². The lowest BCUT2D eigenvalue weighted by Crippen LogP contribution is -2.15. The Kier molecular flexibility index (Phi) is 6.09. The average molecular weight is 449 g/mol. The van der Waals surface area contributed by atoms with E-state index in [-0.39, 0.29) is 17.5 Å². The summed E-state index contributed by atoms with van der Waals surface area (Å²) < 4.78 is 7.17. The van der Waals surface area contributed by atoms with Gasteiger partial charge < -0.3 is 15.1 Å². The number of carbonyl (C=O) groups is 2. The Balaban J connectivity index is 1.66. The number of aromatic nitrogens is 2. The van der Waals surface area contributed by atoms with Crippen LogP contribution in [0.2, 0.25) is 5.02 Å². The third-order valence-electron chi connectivity index (χ3n) is 4.88. The largest absolute Gasteiger partial charge is 0.463 e. The summed E-state index contributed by atoms with van der Waals surface area (Å²) in [5.74, 6) is 0.0930. The van der Waals surface area contributed by atoms with Crippen LogP contribution < -0.4 is 10.6 Å². The molecule has 32 heavy (non-hydrogen) atoms. The van der Waals surface area contributed by atoms with Crippen LogP contribution in [0.5, 0.6) is 0 Å². The fraction of sp³-hybridized carbons (Fsp3) is 0.125. The number of anilines is 2. The Morgan fingerprint density at radius 2 is 1.84 bits per heavy atom. The molecular weight excluding hydrogens is 428 g/mol. The van der Waals surface area contributed by atoms with E-state index in [1.54, 1.807) is 60.3 Å². The van der Waals surface area contributed by atoms with Gasteiger partial charge in [-0.1, -0.05) is 24.6 Å². The average Bonchev–Trinajstić information content (AvgIpc) is 3.46. The molecule has 0 saturated carbocycles. The summed E-state index contributed by atoms with van der Waals surface area (Å²) in [4.78, 5) is 24.8. The molecule has 162 valence electrons. The standard InChI is InChI=1S/C24H21ClN4O3/c1-3-23(30)26-17-9-6-15(2)19(13-17)27-24(31)20-14-21(22-5-4-12-32-22)29(28-20)18-10-7-16(25)8-11-18/h4-14H,3H2,1-2H3,(H,26,30)(H,27,31). The first-order chi connectivity index (χ1) is 15.4. The lowest BCUT2D eigenvalue weighted by Gasteiger charge is -2.10. The van der Waals surface area contributed by atoms with Gasteiger partial charge in [0, 0.05) is 28.9 Å². The van der Waals surface area contributed by atoms with Gasteiger partial charge in [0.05, 0.1) is 12.0 Å². The first kappa shape index (κ1) is 21.4. The first-order valence-corrected chi connectivity index (χ1v) is 10.4. The zero-order valence-electron chi connectivity index (χ0n) is 17.6. The van der Waals surface area contributed by atoms with Crippen molar-refractivity contribution < 1.29 is 14.0 Å². The molecule has 4 aromatic rings. The van der Waals surface area contributed by atoms with Gasteiger partial charge in [0.15, 0.2) is 11.5 Å². The molecule has 0 bridgehead atoms. The van der Waals surface area contributed by atoms with Crippen LogP contribution in [0.4, 0.5) is 11.4 Å². The molecule has 2 aromatic carbocycles. The van der Waals surface area contributed by atoms with E-state index in [1.807, 2.05) is 25.1 Å². The van der Waals surface area contributed by atoms with Gasteiger partial charge in [-0.05, 0) is 61.0 Å². The Bertz CT molecular complexity index is 1260. The van der Waals surface area contributed by atoms with Crippen molar-refractivity contribution in [3.63, 3.8) is 0 Å². The second-order valence-electron chi connectivity index (χ2n) is 7.17. The number of nitrogens with zero attached hydrogens (tertiary/aromatic N) is 2. The molecule has 0 atom stereocenters. The van der Waals surface area contributed by atoms with Gasteiger partial charge in [0.1, 0.15) is 5.69 Å². The minimum absolute atomic E-state index is 0.101. The van der Waals surface area contributed by atoms with Gasteiger partial charge in [-0.25, -0.2) is 4.68 Å². The zero-order valence-corrected chi connectivity index (χ0v) is 18.3. The van der Waals surface area contributed by atoms with Crippen LogP contribution in [0.15, 0.2) is 71.3 Å². The maximum atomic E-state index is 13.1. The summed E-state index contributed by atoms with van der Waals surface area (Å²) in [5, 5.41) is 10.8. The van der Waals surface area contributed by atoms with E-state index in [1.165, 1.54) is 0 Å². The molecule has 7 nitrogen and oxygen atoms in total. The van der Waals surface area contributed by atoms with E-state index in [4.69, 9.17) is 16.0 Å². The lowest BCUT2D eigenvalue weighted by molar-refractivity contribution is -0.115. The quantitative estimate of drug-likeness (QED) is 0.396.